The second-order valence-corrected chi connectivity index (χ2v) is 3.09. The molecule has 0 bridgehead atoms. The first-order chi connectivity index (χ1) is 6.85. The Morgan fingerprint density at radius 1 is 1.40 bits per heavy atom. The molecule has 0 saturated heterocycles. The molecule has 0 aliphatic rings. The number of hydrogen-bond donors (Lipinski definition) is 1. The van der Waals surface area contributed by atoms with E-state index in [9.17, 15) is 13.2 Å². The third-order valence-electron chi connectivity index (χ3n) is 1.94. The number of hydrogen-bond acceptors (Lipinski definition) is 3. The largest absolute Gasteiger partial charge is 0.573 e. The molecule has 1 rings (SSSR count). The first-order valence-electron chi connectivity index (χ1n) is 4.26. The zero-order chi connectivity index (χ0) is 11.6. The molecule has 0 fully saturated rings. The maximum absolute atomic E-state index is 12.1. The van der Waals surface area contributed by atoms with Gasteiger partial charge in [0.2, 0.25) is 0 Å². The number of alkyl halides is 3. The Kier molecular flexibility index (Phi) is 3.18. The van der Waals surface area contributed by atoms with E-state index in [1.54, 1.807) is 6.92 Å². The number of nitrogens with zero attached hydrogens (tertiary/aromatic N) is 1. The molecule has 0 aliphatic heterocycles. The topological polar surface area (TPSA) is 48.1 Å². The Hall–Kier alpha value is -1.30. The normalized spacial score (nSPS) is 11.6. The molecule has 0 aromatic carbocycles. The van der Waals surface area contributed by atoms with E-state index in [2.05, 4.69) is 9.72 Å². The molecule has 84 valence electrons. The SMILES string of the molecule is Cc1cnc(C)c(CN)c1OC(F)(F)F. The summed E-state index contributed by atoms with van der Waals surface area (Å²) in [6.07, 6.45) is -3.38. The summed E-state index contributed by atoms with van der Waals surface area (Å²) in [6.45, 7) is 3.05. The summed E-state index contributed by atoms with van der Waals surface area (Å²) < 4.78 is 40.2. The van der Waals surface area contributed by atoms with Gasteiger partial charge >= 0.3 is 6.36 Å². The Morgan fingerprint density at radius 2 is 2.00 bits per heavy atom. The molecule has 3 nitrogen and oxygen atoms in total. The molecule has 1 heterocycles. The fraction of sp³-hybridized carbons (Fsp3) is 0.444. The van der Waals surface area contributed by atoms with E-state index in [-0.39, 0.29) is 17.9 Å². The molecule has 0 saturated carbocycles. The first-order valence-corrected chi connectivity index (χ1v) is 4.26. The van der Waals surface area contributed by atoms with Gasteiger partial charge in [0.15, 0.2) is 0 Å². The summed E-state index contributed by atoms with van der Waals surface area (Å²) >= 11 is 0. The predicted octanol–water partition coefficient (Wildman–Crippen LogP) is 2.06. The summed E-state index contributed by atoms with van der Waals surface area (Å²) in [4.78, 5) is 3.91. The summed E-state index contributed by atoms with van der Waals surface area (Å²) in [5, 5.41) is 0. The summed E-state index contributed by atoms with van der Waals surface area (Å²) in [5.74, 6) is -0.238. The van der Waals surface area contributed by atoms with E-state index in [0.717, 1.165) is 0 Å². The predicted molar refractivity (Wildman–Crippen MR) is 48.3 cm³/mol. The molecule has 1 aromatic heterocycles. The van der Waals surface area contributed by atoms with E-state index in [0.29, 0.717) is 11.3 Å². The van der Waals surface area contributed by atoms with E-state index in [1.165, 1.54) is 13.1 Å². The van der Waals surface area contributed by atoms with Crippen molar-refractivity contribution in [2.24, 2.45) is 5.73 Å². The van der Waals surface area contributed by atoms with Gasteiger partial charge in [-0.3, -0.25) is 4.98 Å². The summed E-state index contributed by atoms with van der Waals surface area (Å²) in [6, 6.07) is 0. The molecule has 2 N–H and O–H groups in total. The number of ether oxygens (including phenoxy) is 1. The average molecular weight is 220 g/mol. The Balaban J connectivity index is 3.20. The number of pyridine rings is 1. The fourth-order valence-corrected chi connectivity index (χ4v) is 1.23. The van der Waals surface area contributed by atoms with Gasteiger partial charge in [0.05, 0.1) is 0 Å². The van der Waals surface area contributed by atoms with Crippen molar-refractivity contribution in [3.63, 3.8) is 0 Å². The van der Waals surface area contributed by atoms with Gasteiger partial charge in [0, 0.05) is 29.6 Å². The van der Waals surface area contributed by atoms with Crippen molar-refractivity contribution in [3.05, 3.63) is 23.0 Å². The van der Waals surface area contributed by atoms with Crippen molar-refractivity contribution >= 4 is 0 Å². The van der Waals surface area contributed by atoms with Gasteiger partial charge in [0.1, 0.15) is 5.75 Å². The van der Waals surface area contributed by atoms with E-state index >= 15 is 0 Å². The number of aromatic nitrogens is 1. The van der Waals surface area contributed by atoms with E-state index < -0.39 is 6.36 Å². The van der Waals surface area contributed by atoms with Crippen LogP contribution in [-0.2, 0) is 6.54 Å². The minimum Gasteiger partial charge on any atom is -0.405 e. The van der Waals surface area contributed by atoms with Crippen LogP contribution in [0.25, 0.3) is 0 Å². The third kappa shape index (κ3) is 2.82. The van der Waals surface area contributed by atoms with Gasteiger partial charge in [-0.2, -0.15) is 0 Å². The van der Waals surface area contributed by atoms with Crippen LogP contribution in [0.15, 0.2) is 6.20 Å². The number of rotatable bonds is 2. The lowest BCUT2D eigenvalue weighted by Crippen LogP contribution is -2.20. The van der Waals surface area contributed by atoms with Crippen LogP contribution in [0.4, 0.5) is 13.2 Å². The zero-order valence-electron chi connectivity index (χ0n) is 8.35. The molecular weight excluding hydrogens is 209 g/mol. The van der Waals surface area contributed by atoms with Crippen molar-refractivity contribution in [2.75, 3.05) is 0 Å². The van der Waals surface area contributed by atoms with Crippen LogP contribution in [0, 0.1) is 13.8 Å². The zero-order valence-corrected chi connectivity index (χ0v) is 8.35. The lowest BCUT2D eigenvalue weighted by atomic mass is 10.1. The molecule has 1 aromatic rings. The second kappa shape index (κ2) is 4.06. The molecule has 6 heteroatoms. The maximum Gasteiger partial charge on any atom is 0.573 e. The first kappa shape index (κ1) is 11.8. The smallest absolute Gasteiger partial charge is 0.405 e. The molecule has 0 radical (unpaired) electrons. The van der Waals surface area contributed by atoms with Gasteiger partial charge in [-0.15, -0.1) is 13.2 Å². The summed E-state index contributed by atoms with van der Waals surface area (Å²) in [5.41, 5.74) is 6.40. The lowest BCUT2D eigenvalue weighted by Gasteiger charge is -2.15. The van der Waals surface area contributed by atoms with Crippen LogP contribution < -0.4 is 10.5 Å². The average Bonchev–Trinajstić information content (AvgIpc) is 2.10. The maximum atomic E-state index is 12.1. The van der Waals surface area contributed by atoms with Crippen molar-refractivity contribution in [1.29, 1.82) is 0 Å². The molecular formula is C9H11F3N2O. The van der Waals surface area contributed by atoms with Crippen LogP contribution >= 0.6 is 0 Å². The molecule has 0 atom stereocenters. The quantitative estimate of drug-likeness (QED) is 0.829. The summed E-state index contributed by atoms with van der Waals surface area (Å²) in [7, 11) is 0. The van der Waals surface area contributed by atoms with Crippen molar-refractivity contribution in [1.82, 2.24) is 4.98 Å². The van der Waals surface area contributed by atoms with Gasteiger partial charge < -0.3 is 10.5 Å². The van der Waals surface area contributed by atoms with Gasteiger partial charge in [0.25, 0.3) is 0 Å². The minimum atomic E-state index is -4.71. The number of halogens is 3. The Labute approximate surface area is 85.1 Å². The number of nitrogens with two attached hydrogens (primary N) is 1. The van der Waals surface area contributed by atoms with Gasteiger partial charge in [-0.1, -0.05) is 0 Å². The van der Waals surface area contributed by atoms with E-state index in [1.807, 2.05) is 0 Å². The van der Waals surface area contributed by atoms with Gasteiger partial charge in [-0.05, 0) is 13.8 Å². The molecule has 0 aliphatic carbocycles. The molecule has 0 unspecified atom stereocenters. The minimum absolute atomic E-state index is 0.0358. The van der Waals surface area contributed by atoms with Crippen LogP contribution in [0.5, 0.6) is 5.75 Å². The highest BCUT2D eigenvalue weighted by Gasteiger charge is 2.33. The van der Waals surface area contributed by atoms with Crippen molar-refractivity contribution < 1.29 is 17.9 Å². The van der Waals surface area contributed by atoms with Crippen LogP contribution in [-0.4, -0.2) is 11.3 Å². The van der Waals surface area contributed by atoms with Crippen LogP contribution in [0.1, 0.15) is 16.8 Å². The highest BCUT2D eigenvalue weighted by molar-refractivity contribution is 5.41. The van der Waals surface area contributed by atoms with Crippen molar-refractivity contribution in [2.45, 2.75) is 26.8 Å². The van der Waals surface area contributed by atoms with Crippen LogP contribution in [0.3, 0.4) is 0 Å². The highest BCUT2D eigenvalue weighted by Crippen LogP contribution is 2.30. The molecule has 0 amide bonds. The van der Waals surface area contributed by atoms with Crippen molar-refractivity contribution in [3.8, 4) is 5.75 Å². The number of aryl methyl sites for hydroxylation is 2. The molecule has 15 heavy (non-hydrogen) atoms. The van der Waals surface area contributed by atoms with Gasteiger partial charge in [-0.25, -0.2) is 0 Å². The van der Waals surface area contributed by atoms with Crippen LogP contribution in [0.2, 0.25) is 0 Å². The highest BCUT2D eigenvalue weighted by atomic mass is 19.4. The lowest BCUT2D eigenvalue weighted by molar-refractivity contribution is -0.275. The standard InChI is InChI=1S/C9H11F3N2O/c1-5-4-14-6(2)7(3-13)8(5)15-9(10,11)12/h4H,3,13H2,1-2H3. The Bertz CT molecular complexity index is 363. The Morgan fingerprint density at radius 3 is 2.47 bits per heavy atom. The fourth-order valence-electron chi connectivity index (χ4n) is 1.23. The second-order valence-electron chi connectivity index (χ2n) is 3.09. The monoisotopic (exact) mass is 220 g/mol. The molecule has 0 spiro atoms. The van der Waals surface area contributed by atoms with E-state index in [4.69, 9.17) is 5.73 Å². The third-order valence-corrected chi connectivity index (χ3v) is 1.94.